The van der Waals surface area contributed by atoms with Gasteiger partial charge >= 0.3 is 0 Å². The molecule has 1 aliphatic heterocycles. The molecule has 3 heterocycles. The molecule has 0 spiro atoms. The zero-order chi connectivity index (χ0) is 18.4. The molecule has 1 saturated heterocycles. The van der Waals surface area contributed by atoms with Gasteiger partial charge in [0.1, 0.15) is 5.82 Å². The molecule has 1 amide bonds. The van der Waals surface area contributed by atoms with Gasteiger partial charge in [-0.05, 0) is 48.9 Å². The fourth-order valence-corrected chi connectivity index (χ4v) is 4.59. The van der Waals surface area contributed by atoms with Crippen molar-refractivity contribution in [2.24, 2.45) is 5.92 Å². The molecule has 2 aliphatic rings. The second kappa shape index (κ2) is 6.64. The average molecular weight is 381 g/mol. The van der Waals surface area contributed by atoms with Crippen molar-refractivity contribution in [1.29, 1.82) is 0 Å². The fraction of sp³-hybridized carbons (Fsp3) is 0.381. The Kier molecular flexibility index (Phi) is 4.12. The van der Waals surface area contributed by atoms with E-state index in [1.807, 2.05) is 53.6 Å². The SMILES string of the molecule is O=C(C1CC1c1ccccc1Cl)N1CCC(c2nnc3ccccn23)CC1. The molecule has 0 N–H and O–H groups in total. The first-order chi connectivity index (χ1) is 13.2. The van der Waals surface area contributed by atoms with E-state index in [0.29, 0.717) is 5.92 Å². The number of pyridine rings is 1. The topological polar surface area (TPSA) is 50.5 Å². The molecule has 6 heteroatoms. The lowest BCUT2D eigenvalue weighted by molar-refractivity contribution is -0.133. The predicted molar refractivity (Wildman–Crippen MR) is 104 cm³/mol. The first-order valence-corrected chi connectivity index (χ1v) is 9.93. The minimum atomic E-state index is 0.0929. The van der Waals surface area contributed by atoms with Gasteiger partial charge in [0.05, 0.1) is 0 Å². The number of aromatic nitrogens is 3. The highest BCUT2D eigenvalue weighted by Crippen LogP contribution is 2.50. The Morgan fingerprint density at radius 3 is 2.63 bits per heavy atom. The molecule has 2 aromatic heterocycles. The lowest BCUT2D eigenvalue weighted by Crippen LogP contribution is -2.39. The maximum Gasteiger partial charge on any atom is 0.226 e. The normalized spacial score (nSPS) is 22.9. The van der Waals surface area contributed by atoms with Gasteiger partial charge in [-0.15, -0.1) is 10.2 Å². The summed E-state index contributed by atoms with van der Waals surface area (Å²) >= 11 is 6.30. The minimum absolute atomic E-state index is 0.0929. The number of halogens is 1. The van der Waals surface area contributed by atoms with E-state index in [0.717, 1.165) is 54.4 Å². The number of nitrogens with zero attached hydrogens (tertiary/aromatic N) is 4. The van der Waals surface area contributed by atoms with Crippen LogP contribution in [0.3, 0.4) is 0 Å². The Labute approximate surface area is 163 Å². The Morgan fingerprint density at radius 2 is 1.81 bits per heavy atom. The van der Waals surface area contributed by atoms with Crippen LogP contribution in [0.15, 0.2) is 48.7 Å². The summed E-state index contributed by atoms with van der Waals surface area (Å²) in [6.07, 6.45) is 4.80. The Balaban J connectivity index is 1.24. The van der Waals surface area contributed by atoms with Gasteiger partial charge in [0, 0.05) is 36.1 Å². The van der Waals surface area contributed by atoms with Crippen LogP contribution in [0.1, 0.15) is 42.5 Å². The van der Waals surface area contributed by atoms with Crippen LogP contribution in [0.4, 0.5) is 0 Å². The summed E-state index contributed by atoms with van der Waals surface area (Å²) < 4.78 is 2.07. The molecule has 138 valence electrons. The molecule has 5 rings (SSSR count). The number of hydrogen-bond acceptors (Lipinski definition) is 3. The van der Waals surface area contributed by atoms with Gasteiger partial charge in [0.25, 0.3) is 0 Å². The second-order valence-electron chi connectivity index (χ2n) is 7.56. The third-order valence-corrected chi connectivity index (χ3v) is 6.27. The lowest BCUT2D eigenvalue weighted by atomic mass is 9.95. The van der Waals surface area contributed by atoms with Gasteiger partial charge in [-0.3, -0.25) is 9.20 Å². The summed E-state index contributed by atoms with van der Waals surface area (Å²) in [4.78, 5) is 14.9. The number of piperidine rings is 1. The van der Waals surface area contributed by atoms with Crippen LogP contribution in [-0.4, -0.2) is 38.5 Å². The van der Waals surface area contributed by atoms with Crippen LogP contribution < -0.4 is 0 Å². The summed E-state index contributed by atoms with van der Waals surface area (Å²) in [7, 11) is 0. The zero-order valence-corrected chi connectivity index (χ0v) is 15.7. The largest absolute Gasteiger partial charge is 0.342 e. The Hall–Kier alpha value is -2.40. The van der Waals surface area contributed by atoms with Crippen molar-refractivity contribution in [3.8, 4) is 0 Å². The summed E-state index contributed by atoms with van der Waals surface area (Å²) in [5.41, 5.74) is 1.99. The first kappa shape index (κ1) is 16.8. The number of hydrogen-bond donors (Lipinski definition) is 0. The van der Waals surface area contributed by atoms with Crippen LogP contribution in [0.2, 0.25) is 5.02 Å². The zero-order valence-electron chi connectivity index (χ0n) is 15.0. The highest BCUT2D eigenvalue weighted by molar-refractivity contribution is 6.31. The maximum atomic E-state index is 12.9. The van der Waals surface area contributed by atoms with Gasteiger partial charge in [0.2, 0.25) is 5.91 Å². The van der Waals surface area contributed by atoms with E-state index in [1.54, 1.807) is 0 Å². The molecule has 3 aromatic rings. The Bertz CT molecular complexity index is 993. The number of amides is 1. The molecule has 27 heavy (non-hydrogen) atoms. The first-order valence-electron chi connectivity index (χ1n) is 9.55. The molecule has 1 aromatic carbocycles. The molecule has 1 aliphatic carbocycles. The van der Waals surface area contributed by atoms with E-state index in [1.165, 1.54) is 0 Å². The summed E-state index contributed by atoms with van der Waals surface area (Å²) in [5, 5.41) is 9.42. The van der Waals surface area contributed by atoms with Gasteiger partial charge < -0.3 is 4.90 Å². The van der Waals surface area contributed by atoms with E-state index >= 15 is 0 Å². The number of rotatable bonds is 3. The molecule has 5 nitrogen and oxygen atoms in total. The average Bonchev–Trinajstić information content (AvgIpc) is 3.38. The quantitative estimate of drug-likeness (QED) is 0.692. The molecule has 0 bridgehead atoms. The number of carbonyl (C=O) groups is 1. The fourth-order valence-electron chi connectivity index (χ4n) is 4.32. The van der Waals surface area contributed by atoms with E-state index in [4.69, 9.17) is 11.6 Å². The standard InChI is InChI=1S/C21H21ClN4O/c22-18-6-2-1-5-15(18)16-13-17(16)21(27)25-11-8-14(9-12-25)20-24-23-19-7-3-4-10-26(19)20/h1-7,10,14,16-17H,8-9,11-13H2. The van der Waals surface area contributed by atoms with E-state index in [9.17, 15) is 4.79 Å². The van der Waals surface area contributed by atoms with E-state index in [2.05, 4.69) is 14.6 Å². The number of benzene rings is 1. The third-order valence-electron chi connectivity index (χ3n) is 5.92. The number of fused-ring (bicyclic) bond motifs is 1. The van der Waals surface area contributed by atoms with Crippen molar-refractivity contribution in [2.75, 3.05) is 13.1 Å². The molecular weight excluding hydrogens is 360 g/mol. The Morgan fingerprint density at radius 1 is 1.04 bits per heavy atom. The molecule has 2 unspecified atom stereocenters. The highest BCUT2D eigenvalue weighted by Gasteiger charge is 2.47. The minimum Gasteiger partial charge on any atom is -0.342 e. The van der Waals surface area contributed by atoms with Crippen molar-refractivity contribution in [2.45, 2.75) is 31.1 Å². The van der Waals surface area contributed by atoms with Crippen molar-refractivity contribution in [3.05, 3.63) is 65.1 Å². The smallest absolute Gasteiger partial charge is 0.226 e. The summed E-state index contributed by atoms with van der Waals surface area (Å²) in [6, 6.07) is 13.8. The number of likely N-dealkylation sites (tertiary alicyclic amines) is 1. The van der Waals surface area contributed by atoms with Crippen molar-refractivity contribution in [1.82, 2.24) is 19.5 Å². The summed E-state index contributed by atoms with van der Waals surface area (Å²) in [5.74, 6) is 2.02. The second-order valence-corrected chi connectivity index (χ2v) is 7.96. The van der Waals surface area contributed by atoms with Crippen molar-refractivity contribution >= 4 is 23.2 Å². The van der Waals surface area contributed by atoms with Crippen LogP contribution in [-0.2, 0) is 4.79 Å². The molecule has 0 radical (unpaired) electrons. The van der Waals surface area contributed by atoms with Gasteiger partial charge in [-0.25, -0.2) is 0 Å². The predicted octanol–water partition coefficient (Wildman–Crippen LogP) is 3.89. The molecule has 2 atom stereocenters. The highest BCUT2D eigenvalue weighted by atomic mass is 35.5. The van der Waals surface area contributed by atoms with E-state index in [-0.39, 0.29) is 17.7 Å². The van der Waals surface area contributed by atoms with Crippen molar-refractivity contribution in [3.63, 3.8) is 0 Å². The van der Waals surface area contributed by atoms with Gasteiger partial charge in [-0.2, -0.15) is 0 Å². The molecule has 2 fully saturated rings. The number of carbonyl (C=O) groups excluding carboxylic acids is 1. The van der Waals surface area contributed by atoms with Crippen LogP contribution in [0, 0.1) is 5.92 Å². The van der Waals surface area contributed by atoms with Crippen LogP contribution in [0.25, 0.3) is 5.65 Å². The summed E-state index contributed by atoms with van der Waals surface area (Å²) in [6.45, 7) is 1.58. The molecule has 1 saturated carbocycles. The van der Waals surface area contributed by atoms with Crippen LogP contribution in [0.5, 0.6) is 0 Å². The third kappa shape index (κ3) is 3.00. The van der Waals surface area contributed by atoms with E-state index < -0.39 is 0 Å². The monoisotopic (exact) mass is 380 g/mol. The van der Waals surface area contributed by atoms with Gasteiger partial charge in [-0.1, -0.05) is 35.9 Å². The van der Waals surface area contributed by atoms with Crippen molar-refractivity contribution < 1.29 is 4.79 Å². The lowest BCUT2D eigenvalue weighted by Gasteiger charge is -2.31. The molecular formula is C21H21ClN4O. The van der Waals surface area contributed by atoms with Crippen LogP contribution >= 0.6 is 11.6 Å². The van der Waals surface area contributed by atoms with Gasteiger partial charge in [0.15, 0.2) is 5.65 Å². The maximum absolute atomic E-state index is 12.9.